The van der Waals surface area contributed by atoms with Gasteiger partial charge < -0.3 is 15.2 Å². The van der Waals surface area contributed by atoms with E-state index in [2.05, 4.69) is 15.0 Å². The van der Waals surface area contributed by atoms with Crippen molar-refractivity contribution in [3.05, 3.63) is 47.8 Å². The van der Waals surface area contributed by atoms with Crippen LogP contribution in [0, 0.1) is 0 Å². The Balaban J connectivity index is 2.49. The molecule has 0 fully saturated rings. The molecule has 1 atom stereocenters. The highest BCUT2D eigenvalue weighted by Gasteiger charge is 2.41. The topological polar surface area (TPSA) is 88.5 Å². The van der Waals surface area contributed by atoms with Crippen molar-refractivity contribution in [2.45, 2.75) is 5.79 Å². The number of rotatable bonds is 3. The van der Waals surface area contributed by atoms with Crippen LogP contribution in [0.25, 0.3) is 5.70 Å². The maximum Gasteiger partial charge on any atom is 0.366 e. The van der Waals surface area contributed by atoms with Crippen LogP contribution in [0.4, 0.5) is 4.39 Å². The number of aliphatic carboxylic acids is 1. The van der Waals surface area contributed by atoms with Gasteiger partial charge in [0.1, 0.15) is 0 Å². The molecule has 0 aliphatic carbocycles. The number of methoxy groups -OCH3 is 1. The van der Waals surface area contributed by atoms with Crippen LogP contribution in [0.15, 0.2) is 42.3 Å². The SMILES string of the molecule is COC(=O)C1=CC(F)(C(=O)O)NC(c2cccnc2)=C1. The van der Waals surface area contributed by atoms with Crippen LogP contribution in [0.2, 0.25) is 0 Å². The number of carbonyl (C=O) groups is 2. The molecule has 2 N–H and O–H groups in total. The number of aromatic nitrogens is 1. The molecule has 1 unspecified atom stereocenters. The molecule has 0 bridgehead atoms. The first kappa shape index (κ1) is 13.7. The molecule has 0 saturated heterocycles. The Kier molecular flexibility index (Phi) is 3.51. The van der Waals surface area contributed by atoms with Crippen molar-refractivity contribution in [3.63, 3.8) is 0 Å². The molecule has 1 aromatic heterocycles. The predicted octanol–water partition coefficient (Wildman–Crippen LogP) is 0.875. The van der Waals surface area contributed by atoms with Crippen LogP contribution >= 0.6 is 0 Å². The Morgan fingerprint density at radius 3 is 2.80 bits per heavy atom. The highest BCUT2D eigenvalue weighted by atomic mass is 19.1. The van der Waals surface area contributed by atoms with Gasteiger partial charge in [0.2, 0.25) is 0 Å². The van der Waals surface area contributed by atoms with Crippen molar-refractivity contribution in [2.24, 2.45) is 0 Å². The second kappa shape index (κ2) is 5.12. The molecule has 1 aliphatic heterocycles. The lowest BCUT2D eigenvalue weighted by Crippen LogP contribution is -2.47. The molecule has 2 rings (SSSR count). The van der Waals surface area contributed by atoms with Crippen molar-refractivity contribution < 1.29 is 23.8 Å². The fourth-order valence-corrected chi connectivity index (χ4v) is 1.71. The number of halogens is 1. The third-order valence-corrected chi connectivity index (χ3v) is 2.68. The fourth-order valence-electron chi connectivity index (χ4n) is 1.71. The standard InChI is InChI=1S/C13H11FN2O4/c1-20-11(17)9-5-10(8-3-2-4-15-7-8)16-13(14,6-9)12(18)19/h2-7,16H,1H3,(H,18,19). The van der Waals surface area contributed by atoms with E-state index in [4.69, 9.17) is 5.11 Å². The van der Waals surface area contributed by atoms with Gasteiger partial charge in [-0.2, -0.15) is 0 Å². The number of dihydropyridines is 1. The van der Waals surface area contributed by atoms with Gasteiger partial charge in [-0.05, 0) is 24.3 Å². The number of ether oxygens (including phenoxy) is 1. The molecule has 1 aliphatic rings. The summed E-state index contributed by atoms with van der Waals surface area (Å²) in [5.74, 6) is -5.46. The van der Waals surface area contributed by atoms with E-state index in [-0.39, 0.29) is 11.3 Å². The number of nitrogens with zero attached hydrogens (tertiary/aromatic N) is 1. The molecule has 0 aromatic carbocycles. The Bertz CT molecular complexity index is 612. The first-order chi connectivity index (χ1) is 9.46. The van der Waals surface area contributed by atoms with Crippen LogP contribution in [-0.2, 0) is 14.3 Å². The fraction of sp³-hybridized carbons (Fsp3) is 0.154. The van der Waals surface area contributed by atoms with Gasteiger partial charge >= 0.3 is 11.9 Å². The summed E-state index contributed by atoms with van der Waals surface area (Å²) in [6, 6.07) is 3.21. The van der Waals surface area contributed by atoms with E-state index in [0.29, 0.717) is 11.6 Å². The summed E-state index contributed by atoms with van der Waals surface area (Å²) < 4.78 is 18.8. The Morgan fingerprint density at radius 1 is 1.50 bits per heavy atom. The largest absolute Gasteiger partial charge is 0.477 e. The number of pyridine rings is 1. The zero-order chi connectivity index (χ0) is 14.8. The average molecular weight is 278 g/mol. The lowest BCUT2D eigenvalue weighted by atomic mass is 10.0. The van der Waals surface area contributed by atoms with E-state index in [0.717, 1.165) is 7.11 Å². The monoisotopic (exact) mass is 278 g/mol. The maximum atomic E-state index is 14.3. The first-order valence-electron chi connectivity index (χ1n) is 5.60. The smallest absolute Gasteiger partial charge is 0.366 e. The molecule has 7 heteroatoms. The molecule has 0 saturated carbocycles. The molecule has 0 spiro atoms. The number of alkyl halides is 1. The van der Waals surface area contributed by atoms with Crippen LogP contribution in [0.1, 0.15) is 5.56 Å². The molecule has 20 heavy (non-hydrogen) atoms. The number of carboxylic acids is 1. The van der Waals surface area contributed by atoms with Crippen LogP contribution in [-0.4, -0.2) is 34.9 Å². The van der Waals surface area contributed by atoms with E-state index >= 15 is 0 Å². The molecule has 104 valence electrons. The highest BCUT2D eigenvalue weighted by Crippen LogP contribution is 2.26. The van der Waals surface area contributed by atoms with E-state index in [9.17, 15) is 14.0 Å². The Hall–Kier alpha value is -2.70. The third-order valence-electron chi connectivity index (χ3n) is 2.68. The minimum atomic E-state index is -2.89. The van der Waals surface area contributed by atoms with E-state index in [1.165, 1.54) is 18.5 Å². The summed E-state index contributed by atoms with van der Waals surface area (Å²) in [5.41, 5.74) is 0.395. The Morgan fingerprint density at radius 2 is 2.25 bits per heavy atom. The van der Waals surface area contributed by atoms with Crippen molar-refractivity contribution >= 4 is 17.6 Å². The van der Waals surface area contributed by atoms with Crippen LogP contribution < -0.4 is 5.32 Å². The van der Waals surface area contributed by atoms with Gasteiger partial charge in [0, 0.05) is 23.7 Å². The lowest BCUT2D eigenvalue weighted by molar-refractivity contribution is -0.148. The van der Waals surface area contributed by atoms with E-state index < -0.39 is 17.7 Å². The molecule has 1 aromatic rings. The van der Waals surface area contributed by atoms with Crippen LogP contribution in [0.3, 0.4) is 0 Å². The minimum absolute atomic E-state index is 0.130. The second-order valence-electron chi connectivity index (χ2n) is 4.03. The summed E-state index contributed by atoms with van der Waals surface area (Å²) in [6.07, 6.45) is 4.91. The number of nitrogens with one attached hydrogen (secondary N) is 1. The minimum Gasteiger partial charge on any atom is -0.477 e. The van der Waals surface area contributed by atoms with Gasteiger partial charge in [0.05, 0.1) is 12.7 Å². The quantitative estimate of drug-likeness (QED) is 0.630. The van der Waals surface area contributed by atoms with Gasteiger partial charge in [-0.15, -0.1) is 0 Å². The van der Waals surface area contributed by atoms with Gasteiger partial charge in [-0.3, -0.25) is 4.98 Å². The van der Waals surface area contributed by atoms with E-state index in [1.807, 2.05) is 0 Å². The zero-order valence-corrected chi connectivity index (χ0v) is 10.5. The summed E-state index contributed by atoms with van der Waals surface area (Å²) in [4.78, 5) is 26.4. The summed E-state index contributed by atoms with van der Waals surface area (Å²) in [7, 11) is 1.13. The van der Waals surface area contributed by atoms with Crippen molar-refractivity contribution in [1.29, 1.82) is 0 Å². The molecule has 2 heterocycles. The number of esters is 1. The molecule has 6 nitrogen and oxygen atoms in total. The summed E-state index contributed by atoms with van der Waals surface area (Å²) in [5, 5.41) is 11.2. The van der Waals surface area contributed by atoms with Gasteiger partial charge in [0.15, 0.2) is 0 Å². The maximum absolute atomic E-state index is 14.3. The third kappa shape index (κ3) is 2.51. The highest BCUT2D eigenvalue weighted by molar-refractivity contribution is 5.98. The van der Waals surface area contributed by atoms with Crippen molar-refractivity contribution in [3.8, 4) is 0 Å². The normalized spacial score (nSPS) is 21.3. The number of hydrogen-bond acceptors (Lipinski definition) is 5. The lowest BCUT2D eigenvalue weighted by Gasteiger charge is -2.26. The van der Waals surface area contributed by atoms with Gasteiger partial charge in [-0.1, -0.05) is 0 Å². The molecular formula is C13H11FN2O4. The Labute approximate surface area is 113 Å². The van der Waals surface area contributed by atoms with Crippen molar-refractivity contribution in [1.82, 2.24) is 10.3 Å². The number of carboxylic acid groups (broad SMARTS) is 1. The average Bonchev–Trinajstić information content (AvgIpc) is 2.46. The van der Waals surface area contributed by atoms with Crippen molar-refractivity contribution in [2.75, 3.05) is 7.11 Å². The number of carbonyl (C=O) groups excluding carboxylic acids is 1. The van der Waals surface area contributed by atoms with Crippen LogP contribution in [0.5, 0.6) is 0 Å². The molecular weight excluding hydrogens is 267 g/mol. The first-order valence-corrected chi connectivity index (χ1v) is 5.60. The molecule has 0 radical (unpaired) electrons. The zero-order valence-electron chi connectivity index (χ0n) is 10.5. The second-order valence-corrected chi connectivity index (χ2v) is 4.03. The summed E-state index contributed by atoms with van der Waals surface area (Å²) in [6.45, 7) is 0. The summed E-state index contributed by atoms with van der Waals surface area (Å²) >= 11 is 0. The molecule has 0 amide bonds. The predicted molar refractivity (Wildman–Crippen MR) is 66.9 cm³/mol. The van der Waals surface area contributed by atoms with Gasteiger partial charge in [-0.25, -0.2) is 14.0 Å². The van der Waals surface area contributed by atoms with E-state index in [1.54, 1.807) is 12.1 Å². The van der Waals surface area contributed by atoms with Gasteiger partial charge in [0.25, 0.3) is 5.79 Å². The number of hydrogen-bond donors (Lipinski definition) is 2.